The van der Waals surface area contributed by atoms with Crippen molar-refractivity contribution in [2.24, 2.45) is 17.8 Å². The van der Waals surface area contributed by atoms with Crippen molar-refractivity contribution in [1.29, 1.82) is 0 Å². The molecule has 1 saturated heterocycles. The average Bonchev–Trinajstić information content (AvgIpc) is 4.05. The highest BCUT2D eigenvalue weighted by molar-refractivity contribution is 7.91. The molecule has 58 heavy (non-hydrogen) atoms. The topological polar surface area (TPSA) is 185 Å². The molecule has 1 aromatic heterocycles. The molecule has 0 spiro atoms. The summed E-state index contributed by atoms with van der Waals surface area (Å²) in [6.45, 7) is 7.75. The van der Waals surface area contributed by atoms with Gasteiger partial charge < -0.3 is 24.8 Å². The van der Waals surface area contributed by atoms with Gasteiger partial charge in [-0.2, -0.15) is 0 Å². The van der Waals surface area contributed by atoms with E-state index in [1.54, 1.807) is 26.0 Å². The molecule has 0 unspecified atom stereocenters. The molecule has 3 heterocycles. The molecule has 2 aromatic rings. The lowest BCUT2D eigenvalue weighted by Crippen LogP contribution is -2.66. The molecule has 4 amide bonds. The SMILES string of the molecule is CCOc1cc2ccnc(O[C@@H]3C[C@H]4C(=O)N[C@]5(C(=O)NS(=O)(=O)C6CC6)C[C@H]5/C=C\CC[C@@H](C)C[C@@H](C)[C@H](N(C(=O)O)C(C)(C)C(C)(F)F)C(=O)N4C3)c2cc1F. The second-order valence-corrected chi connectivity index (χ2v) is 18.8. The number of rotatable bonds is 10. The molecule has 3 N–H and O–H groups in total. The van der Waals surface area contributed by atoms with Crippen LogP contribution in [0.3, 0.4) is 0 Å². The van der Waals surface area contributed by atoms with Crippen molar-refractivity contribution in [3.63, 3.8) is 0 Å². The van der Waals surface area contributed by atoms with E-state index in [4.69, 9.17) is 9.47 Å². The Kier molecular flexibility index (Phi) is 11.8. The summed E-state index contributed by atoms with van der Waals surface area (Å²) in [6.07, 6.45) is 4.17. The van der Waals surface area contributed by atoms with E-state index in [1.165, 1.54) is 18.3 Å². The Hall–Kier alpha value is -4.61. The number of carbonyl (C=O) groups excluding carboxylic acids is 3. The van der Waals surface area contributed by atoms with Gasteiger partial charge in [0.15, 0.2) is 11.6 Å². The molecule has 7 atom stereocenters. The van der Waals surface area contributed by atoms with Gasteiger partial charge in [0.2, 0.25) is 27.7 Å². The molecule has 6 rings (SSSR count). The summed E-state index contributed by atoms with van der Waals surface area (Å²) in [5.41, 5.74) is -4.09. The summed E-state index contributed by atoms with van der Waals surface area (Å²) in [4.78, 5) is 62.4. The van der Waals surface area contributed by atoms with Crippen molar-refractivity contribution in [3.05, 3.63) is 42.4 Å². The second kappa shape index (κ2) is 15.9. The minimum absolute atomic E-state index is 0.00959. The van der Waals surface area contributed by atoms with Crippen LogP contribution >= 0.6 is 0 Å². The second-order valence-electron chi connectivity index (χ2n) is 16.9. The predicted octanol–water partition coefficient (Wildman–Crippen LogP) is 5.40. The molecule has 0 bridgehead atoms. The van der Waals surface area contributed by atoms with Crippen molar-refractivity contribution in [3.8, 4) is 11.6 Å². The van der Waals surface area contributed by atoms with Gasteiger partial charge in [0.25, 0.3) is 11.8 Å². The maximum atomic E-state index is 15.3. The highest BCUT2D eigenvalue weighted by Crippen LogP contribution is 2.47. The molecule has 14 nitrogen and oxygen atoms in total. The molecule has 4 aliphatic rings. The number of hydrogen-bond donors (Lipinski definition) is 3. The Morgan fingerprint density at radius 2 is 1.84 bits per heavy atom. The number of hydrogen-bond acceptors (Lipinski definition) is 9. The fourth-order valence-electron chi connectivity index (χ4n) is 8.22. The van der Waals surface area contributed by atoms with Crippen molar-refractivity contribution < 1.29 is 55.3 Å². The third kappa shape index (κ3) is 8.43. The minimum Gasteiger partial charge on any atom is -0.491 e. The number of ether oxygens (including phenoxy) is 2. The lowest BCUT2D eigenvalue weighted by molar-refractivity contribution is -0.156. The summed E-state index contributed by atoms with van der Waals surface area (Å²) in [7, 11) is -4.02. The van der Waals surface area contributed by atoms with Crippen LogP contribution in [-0.4, -0.2) is 106 Å². The van der Waals surface area contributed by atoms with E-state index in [9.17, 15) is 27.9 Å². The van der Waals surface area contributed by atoms with Crippen LogP contribution in [0.25, 0.3) is 10.8 Å². The number of aromatic nitrogens is 1. The van der Waals surface area contributed by atoms with Crippen LogP contribution < -0.4 is 19.5 Å². The van der Waals surface area contributed by atoms with Gasteiger partial charge in [0.05, 0.1) is 18.4 Å². The van der Waals surface area contributed by atoms with Gasteiger partial charge in [0.1, 0.15) is 29.3 Å². The van der Waals surface area contributed by atoms with Crippen LogP contribution in [0.2, 0.25) is 0 Å². The first-order chi connectivity index (χ1) is 27.1. The van der Waals surface area contributed by atoms with Crippen LogP contribution in [0.4, 0.5) is 18.0 Å². The maximum absolute atomic E-state index is 15.3. The Labute approximate surface area is 335 Å². The fourth-order valence-corrected chi connectivity index (χ4v) is 9.59. The first kappa shape index (κ1) is 43.0. The zero-order valence-electron chi connectivity index (χ0n) is 33.5. The molecule has 3 fully saturated rings. The van der Waals surface area contributed by atoms with Gasteiger partial charge in [-0.1, -0.05) is 26.0 Å². The predicted molar refractivity (Wildman–Crippen MR) is 206 cm³/mol. The van der Waals surface area contributed by atoms with E-state index in [2.05, 4.69) is 15.0 Å². The number of amides is 4. The van der Waals surface area contributed by atoms with E-state index < -0.39 is 91.9 Å². The molecular formula is C40H52F3N5O9S. The molecule has 2 aliphatic carbocycles. The number of nitrogens with one attached hydrogen (secondary N) is 2. The summed E-state index contributed by atoms with van der Waals surface area (Å²) in [6, 6.07) is 1.14. The number of halogens is 3. The summed E-state index contributed by atoms with van der Waals surface area (Å²) < 4.78 is 85.4. The van der Waals surface area contributed by atoms with Crippen LogP contribution in [0.5, 0.6) is 11.6 Å². The molecule has 318 valence electrons. The smallest absolute Gasteiger partial charge is 0.408 e. The Bertz CT molecular complexity index is 2090. The van der Waals surface area contributed by atoms with Crippen LogP contribution in [0.15, 0.2) is 36.5 Å². The van der Waals surface area contributed by atoms with Crippen LogP contribution in [0, 0.1) is 23.6 Å². The lowest BCUT2D eigenvalue weighted by Gasteiger charge is -2.47. The van der Waals surface area contributed by atoms with Crippen LogP contribution in [-0.2, 0) is 24.4 Å². The van der Waals surface area contributed by atoms with Crippen molar-refractivity contribution in [1.82, 2.24) is 24.8 Å². The van der Waals surface area contributed by atoms with Crippen molar-refractivity contribution >= 4 is 44.6 Å². The molecule has 2 aliphatic heterocycles. The average molecular weight is 836 g/mol. The Balaban J connectivity index is 1.42. The van der Waals surface area contributed by atoms with E-state index in [0.717, 1.165) is 18.7 Å². The first-order valence-electron chi connectivity index (χ1n) is 19.7. The van der Waals surface area contributed by atoms with Crippen molar-refractivity contribution in [2.45, 2.75) is 127 Å². The number of sulfonamides is 1. The normalized spacial score (nSPS) is 28.9. The first-order valence-corrected chi connectivity index (χ1v) is 21.3. The summed E-state index contributed by atoms with van der Waals surface area (Å²) in [5, 5.41) is 13.4. The molecule has 18 heteroatoms. The summed E-state index contributed by atoms with van der Waals surface area (Å²) in [5.74, 6) is -8.57. The maximum Gasteiger partial charge on any atom is 0.408 e. The number of allylic oxidation sites excluding steroid dienone is 1. The molecule has 1 aromatic carbocycles. The third-order valence-electron chi connectivity index (χ3n) is 12.1. The number of carboxylic acid groups (broad SMARTS) is 1. The standard InChI is InChI=1S/C40H52F3N5O9S/c1-7-56-31-17-24-14-15-44-34(28(24)19-29(31)41)57-26-18-30-33(49)45-40(36(51)46-58(54,55)27-12-13-27)20-25(40)11-9-8-10-22(2)16-23(3)32(35(50)47(30)21-26)48(37(52)53)38(4,5)39(6,42)43/h9,11,14-15,17,19,22-23,25-27,30,32H,7-8,10,12-13,16,18,20-21H2,1-6H3,(H,45,49)(H,46,51)(H,52,53)/b11-9-/t22-,23-,25-,26-,30+,32+,40-/m1/s1. The zero-order valence-corrected chi connectivity index (χ0v) is 34.3. The Morgan fingerprint density at radius 1 is 1.14 bits per heavy atom. The van der Waals surface area contributed by atoms with Gasteiger partial charge >= 0.3 is 6.09 Å². The van der Waals surface area contributed by atoms with Gasteiger partial charge in [-0.3, -0.25) is 24.0 Å². The lowest BCUT2D eigenvalue weighted by atomic mass is 9.84. The van der Waals surface area contributed by atoms with E-state index >= 15 is 18.0 Å². The van der Waals surface area contributed by atoms with Gasteiger partial charge in [-0.15, -0.1) is 0 Å². The zero-order chi connectivity index (χ0) is 42.5. The number of nitrogens with zero attached hydrogens (tertiary/aromatic N) is 3. The number of carbonyl (C=O) groups is 4. The van der Waals surface area contributed by atoms with E-state index in [1.807, 2.05) is 13.0 Å². The van der Waals surface area contributed by atoms with Gasteiger partial charge in [-0.05, 0) is 94.7 Å². The van der Waals surface area contributed by atoms with E-state index in [0.29, 0.717) is 42.9 Å². The summed E-state index contributed by atoms with van der Waals surface area (Å²) >= 11 is 0. The van der Waals surface area contributed by atoms with Crippen molar-refractivity contribution in [2.75, 3.05) is 13.2 Å². The van der Waals surface area contributed by atoms with Gasteiger partial charge in [-0.25, -0.2) is 31.4 Å². The quantitative estimate of drug-likeness (QED) is 0.262. The molecule has 0 radical (unpaired) electrons. The highest BCUT2D eigenvalue weighted by atomic mass is 32.2. The minimum atomic E-state index is -4.02. The monoisotopic (exact) mass is 835 g/mol. The number of pyridine rings is 1. The number of benzene rings is 1. The number of fused-ring (bicyclic) bond motifs is 3. The number of alkyl halides is 2. The van der Waals surface area contributed by atoms with E-state index in [-0.39, 0.29) is 55.3 Å². The van der Waals surface area contributed by atoms with Gasteiger partial charge in [0, 0.05) is 30.8 Å². The Morgan fingerprint density at radius 3 is 2.48 bits per heavy atom. The largest absolute Gasteiger partial charge is 0.491 e. The molecular weight excluding hydrogens is 784 g/mol. The van der Waals surface area contributed by atoms with Crippen LogP contribution in [0.1, 0.15) is 86.5 Å². The highest BCUT2D eigenvalue weighted by Gasteiger charge is 2.62. The fraction of sp³-hybridized carbons (Fsp3) is 0.625. The third-order valence-corrected chi connectivity index (χ3v) is 13.9. The molecule has 2 saturated carbocycles.